The van der Waals surface area contributed by atoms with Gasteiger partial charge in [0.15, 0.2) is 0 Å². The summed E-state index contributed by atoms with van der Waals surface area (Å²) in [6.07, 6.45) is 1.48. The van der Waals surface area contributed by atoms with Crippen LogP contribution in [-0.2, 0) is 11.4 Å². The van der Waals surface area contributed by atoms with E-state index in [1.54, 1.807) is 54.6 Å². The van der Waals surface area contributed by atoms with Crippen LogP contribution in [0.3, 0.4) is 0 Å². The van der Waals surface area contributed by atoms with Crippen LogP contribution < -0.4 is 10.1 Å². The fourth-order valence-corrected chi connectivity index (χ4v) is 3.11. The van der Waals surface area contributed by atoms with Gasteiger partial charge in [0.2, 0.25) is 0 Å². The Labute approximate surface area is 183 Å². The quantitative estimate of drug-likeness (QED) is 0.394. The van der Waals surface area contributed by atoms with Crippen LogP contribution in [0, 0.1) is 22.7 Å². The average molecular weight is 458 g/mol. The minimum atomic E-state index is -0.514. The van der Waals surface area contributed by atoms with Crippen molar-refractivity contribution in [3.63, 3.8) is 0 Å². The average Bonchev–Trinajstić information content (AvgIpc) is 2.76. The van der Waals surface area contributed by atoms with Crippen LogP contribution in [0.1, 0.15) is 16.7 Å². The van der Waals surface area contributed by atoms with Crippen molar-refractivity contribution in [1.82, 2.24) is 0 Å². The van der Waals surface area contributed by atoms with E-state index in [-0.39, 0.29) is 12.2 Å². The highest BCUT2D eigenvalue weighted by Gasteiger charge is 2.12. The molecule has 0 atom stereocenters. The van der Waals surface area contributed by atoms with Crippen molar-refractivity contribution in [1.29, 1.82) is 10.5 Å². The van der Waals surface area contributed by atoms with Crippen LogP contribution in [0.2, 0.25) is 0 Å². The summed E-state index contributed by atoms with van der Waals surface area (Å²) in [5, 5.41) is 21.4. The lowest BCUT2D eigenvalue weighted by Gasteiger charge is -2.11. The summed E-state index contributed by atoms with van der Waals surface area (Å²) in [6.45, 7) is 0.195. The van der Waals surface area contributed by atoms with Crippen molar-refractivity contribution in [2.45, 2.75) is 6.61 Å². The number of carbonyl (C=O) groups is 1. The zero-order valence-corrected chi connectivity index (χ0v) is 17.4. The molecule has 0 spiro atoms. The SMILES string of the molecule is N#C/C(=C/c1ccccc1OCc1ccccc1C#N)C(=O)Nc1cccc(Br)c1. The van der Waals surface area contributed by atoms with Crippen molar-refractivity contribution in [2.24, 2.45) is 0 Å². The Bertz CT molecular complexity index is 1190. The standard InChI is InChI=1S/C24H16BrN3O2/c25-21-9-5-10-22(13-21)28-24(29)20(15-27)12-17-6-3-4-11-23(17)30-16-19-8-2-1-7-18(19)14-26/h1-13H,16H2,(H,28,29)/b20-12-. The van der Waals surface area contributed by atoms with Gasteiger partial charge in [-0.15, -0.1) is 0 Å². The third-order valence-electron chi connectivity index (χ3n) is 4.19. The zero-order valence-electron chi connectivity index (χ0n) is 15.8. The van der Waals surface area contributed by atoms with E-state index in [1.807, 2.05) is 24.3 Å². The first kappa shape index (κ1) is 20.9. The van der Waals surface area contributed by atoms with Crippen molar-refractivity contribution in [3.05, 3.63) is 99.5 Å². The van der Waals surface area contributed by atoms with Crippen molar-refractivity contribution < 1.29 is 9.53 Å². The molecule has 0 aliphatic heterocycles. The van der Waals surface area contributed by atoms with E-state index >= 15 is 0 Å². The molecule has 5 nitrogen and oxygen atoms in total. The molecule has 0 bridgehead atoms. The summed E-state index contributed by atoms with van der Waals surface area (Å²) in [5.74, 6) is -0.00604. The number of ether oxygens (including phenoxy) is 1. The van der Waals surface area contributed by atoms with Gasteiger partial charge >= 0.3 is 0 Å². The van der Waals surface area contributed by atoms with Gasteiger partial charge in [-0.25, -0.2) is 0 Å². The number of amides is 1. The van der Waals surface area contributed by atoms with Crippen molar-refractivity contribution in [2.75, 3.05) is 5.32 Å². The van der Waals surface area contributed by atoms with Crippen LogP contribution in [0.5, 0.6) is 5.75 Å². The highest BCUT2D eigenvalue weighted by Crippen LogP contribution is 2.23. The van der Waals surface area contributed by atoms with E-state index < -0.39 is 5.91 Å². The first-order valence-corrected chi connectivity index (χ1v) is 9.78. The maximum Gasteiger partial charge on any atom is 0.266 e. The number of anilines is 1. The summed E-state index contributed by atoms with van der Waals surface area (Å²) in [6, 6.07) is 25.5. The molecular weight excluding hydrogens is 442 g/mol. The molecule has 0 saturated carbocycles. The second kappa shape index (κ2) is 10.1. The smallest absolute Gasteiger partial charge is 0.266 e. The molecule has 0 saturated heterocycles. The Morgan fingerprint density at radius 1 is 1.03 bits per heavy atom. The summed E-state index contributed by atoms with van der Waals surface area (Å²) in [4.78, 5) is 12.5. The number of hydrogen-bond acceptors (Lipinski definition) is 4. The van der Waals surface area contributed by atoms with Crippen molar-refractivity contribution in [3.8, 4) is 17.9 Å². The maximum absolute atomic E-state index is 12.5. The molecule has 0 aliphatic rings. The molecular formula is C24H16BrN3O2. The van der Waals surface area contributed by atoms with Gasteiger partial charge < -0.3 is 10.1 Å². The summed E-state index contributed by atoms with van der Waals surface area (Å²) in [5.41, 5.74) is 2.41. The first-order valence-electron chi connectivity index (χ1n) is 8.99. The van der Waals surface area contributed by atoms with Crippen LogP contribution in [0.15, 0.2) is 82.8 Å². The predicted molar refractivity (Wildman–Crippen MR) is 118 cm³/mol. The molecule has 146 valence electrons. The monoisotopic (exact) mass is 457 g/mol. The third-order valence-corrected chi connectivity index (χ3v) is 4.68. The second-order valence-corrected chi connectivity index (χ2v) is 7.15. The second-order valence-electron chi connectivity index (χ2n) is 6.23. The van der Waals surface area contributed by atoms with Gasteiger partial charge in [0.1, 0.15) is 24.0 Å². The van der Waals surface area contributed by atoms with Crippen LogP contribution in [0.25, 0.3) is 6.08 Å². The molecule has 6 heteroatoms. The molecule has 0 unspecified atom stereocenters. The lowest BCUT2D eigenvalue weighted by molar-refractivity contribution is -0.112. The number of nitrogens with one attached hydrogen (secondary N) is 1. The number of carbonyl (C=O) groups excluding carboxylic acids is 1. The van der Waals surface area contributed by atoms with Gasteiger partial charge in [-0.2, -0.15) is 10.5 Å². The van der Waals surface area contributed by atoms with Crippen LogP contribution >= 0.6 is 15.9 Å². The molecule has 1 N–H and O–H groups in total. The molecule has 30 heavy (non-hydrogen) atoms. The lowest BCUT2D eigenvalue weighted by atomic mass is 10.1. The van der Waals surface area contributed by atoms with Crippen LogP contribution in [-0.4, -0.2) is 5.91 Å². The Morgan fingerprint density at radius 3 is 2.57 bits per heavy atom. The van der Waals surface area contributed by atoms with E-state index in [0.29, 0.717) is 22.6 Å². The Morgan fingerprint density at radius 2 is 1.80 bits per heavy atom. The predicted octanol–water partition coefficient (Wildman–Crippen LogP) is 5.45. The van der Waals surface area contributed by atoms with Gasteiger partial charge in [0, 0.05) is 21.3 Å². The molecule has 3 aromatic rings. The summed E-state index contributed by atoms with van der Waals surface area (Å²) in [7, 11) is 0. The Balaban J connectivity index is 1.81. The molecule has 3 aromatic carbocycles. The zero-order chi connectivity index (χ0) is 21.3. The number of hydrogen-bond donors (Lipinski definition) is 1. The highest BCUT2D eigenvalue weighted by molar-refractivity contribution is 9.10. The third kappa shape index (κ3) is 5.35. The summed E-state index contributed by atoms with van der Waals surface area (Å²) >= 11 is 3.35. The van der Waals surface area contributed by atoms with Gasteiger partial charge in [-0.05, 0) is 36.4 Å². The van der Waals surface area contributed by atoms with Crippen LogP contribution in [0.4, 0.5) is 5.69 Å². The fourth-order valence-electron chi connectivity index (χ4n) is 2.71. The van der Waals surface area contributed by atoms with E-state index in [9.17, 15) is 15.3 Å². The largest absolute Gasteiger partial charge is 0.488 e. The number of para-hydroxylation sites is 1. The van der Waals surface area contributed by atoms with Crippen molar-refractivity contribution >= 4 is 33.6 Å². The molecule has 3 rings (SSSR count). The Kier molecular flexibility index (Phi) is 7.00. The highest BCUT2D eigenvalue weighted by atomic mass is 79.9. The minimum Gasteiger partial charge on any atom is -0.488 e. The minimum absolute atomic E-state index is 0.0524. The van der Waals surface area contributed by atoms with E-state index in [1.165, 1.54) is 6.08 Å². The van der Waals surface area contributed by atoms with E-state index in [4.69, 9.17) is 4.74 Å². The number of rotatable bonds is 6. The van der Waals surface area contributed by atoms with Gasteiger partial charge in [-0.3, -0.25) is 4.79 Å². The Hall–Kier alpha value is -3.87. The first-order chi connectivity index (χ1) is 14.6. The number of nitriles is 2. The topological polar surface area (TPSA) is 85.9 Å². The fraction of sp³-hybridized carbons (Fsp3) is 0.0417. The van der Waals surface area contributed by atoms with Gasteiger partial charge in [-0.1, -0.05) is 58.4 Å². The maximum atomic E-state index is 12.5. The van der Waals surface area contributed by atoms with Gasteiger partial charge in [0.25, 0.3) is 5.91 Å². The summed E-state index contributed by atoms with van der Waals surface area (Å²) < 4.78 is 6.70. The molecule has 0 heterocycles. The molecule has 1 amide bonds. The number of benzene rings is 3. The van der Waals surface area contributed by atoms with E-state index in [0.717, 1.165) is 10.0 Å². The molecule has 0 fully saturated rings. The van der Waals surface area contributed by atoms with Gasteiger partial charge in [0.05, 0.1) is 11.6 Å². The number of halogens is 1. The molecule has 0 aromatic heterocycles. The van der Waals surface area contributed by atoms with E-state index in [2.05, 4.69) is 27.3 Å². The lowest BCUT2D eigenvalue weighted by Crippen LogP contribution is -2.13. The normalized spacial score (nSPS) is 10.6. The molecule has 0 aliphatic carbocycles. The number of nitrogens with zero attached hydrogens (tertiary/aromatic N) is 2. The molecule has 0 radical (unpaired) electrons.